The summed E-state index contributed by atoms with van der Waals surface area (Å²) in [7, 11) is 0. The molecule has 0 saturated carbocycles. The second-order valence-corrected chi connectivity index (χ2v) is 8.21. The minimum absolute atomic E-state index is 0.332. The summed E-state index contributed by atoms with van der Waals surface area (Å²) >= 11 is 0. The third-order valence-electron chi connectivity index (χ3n) is 4.94. The van der Waals surface area contributed by atoms with Crippen molar-refractivity contribution < 1.29 is 44.7 Å². The molecule has 0 unspecified atom stereocenters. The van der Waals surface area contributed by atoms with E-state index in [2.05, 4.69) is 19.1 Å². The lowest BCUT2D eigenvalue weighted by Crippen LogP contribution is -2.42. The molecule has 0 heterocycles. The van der Waals surface area contributed by atoms with E-state index < -0.39 is 42.3 Å². The van der Waals surface area contributed by atoms with Crippen molar-refractivity contribution >= 4 is 23.9 Å². The van der Waals surface area contributed by atoms with Gasteiger partial charge in [0.25, 0.3) is 0 Å². The van der Waals surface area contributed by atoms with Crippen molar-refractivity contribution in [1.82, 2.24) is 0 Å². The number of allylic oxidation sites excluding steroid dienone is 2. The minimum atomic E-state index is -2.74. The summed E-state index contributed by atoms with van der Waals surface area (Å²) in [4.78, 5) is 40.8. The van der Waals surface area contributed by atoms with E-state index in [0.29, 0.717) is 6.42 Å². The molecule has 0 amide bonds. The molecule has 9 nitrogen and oxygen atoms in total. The van der Waals surface area contributed by atoms with Gasteiger partial charge < -0.3 is 25.5 Å². The standard InChI is InChI=1S/C18H34O2.C6H8O7/c1-2-3-4-5-6-7-8-9-10-11-12-13-14-15-16-17-18(19)20;7-3(8)1-6(13,5(11)12)2-4(9)10/h9-10H,2-8,11-17H2,1H3,(H,19,20);13H,1-2H2,(H,7,8)(H,9,10)(H,11,12). The van der Waals surface area contributed by atoms with Gasteiger partial charge in [-0.25, -0.2) is 4.79 Å². The number of carboxylic acids is 4. The molecule has 0 radical (unpaired) electrons. The summed E-state index contributed by atoms with van der Waals surface area (Å²) in [6.45, 7) is 2.26. The molecule has 0 fully saturated rings. The first kappa shape index (κ1) is 32.8. The van der Waals surface area contributed by atoms with Gasteiger partial charge in [-0.3, -0.25) is 14.4 Å². The molecule has 0 aliphatic heterocycles. The topological polar surface area (TPSA) is 169 Å². The molecule has 5 N–H and O–H groups in total. The molecule has 9 heteroatoms. The van der Waals surface area contributed by atoms with Gasteiger partial charge in [-0.15, -0.1) is 0 Å². The highest BCUT2D eigenvalue weighted by Crippen LogP contribution is 2.15. The molecule has 0 saturated heterocycles. The number of aliphatic carboxylic acids is 4. The summed E-state index contributed by atoms with van der Waals surface area (Å²) in [5.74, 6) is -5.68. The van der Waals surface area contributed by atoms with Crippen LogP contribution in [0.1, 0.15) is 110 Å². The van der Waals surface area contributed by atoms with E-state index in [1.807, 2.05) is 0 Å². The minimum Gasteiger partial charge on any atom is -0.481 e. The van der Waals surface area contributed by atoms with Crippen LogP contribution in [0.25, 0.3) is 0 Å². The summed E-state index contributed by atoms with van der Waals surface area (Å²) < 4.78 is 0. The quantitative estimate of drug-likeness (QED) is 0.122. The van der Waals surface area contributed by atoms with Crippen LogP contribution >= 0.6 is 0 Å². The first-order valence-corrected chi connectivity index (χ1v) is 11.8. The molecule has 0 aromatic carbocycles. The molecule has 0 atom stereocenters. The Morgan fingerprint density at radius 3 is 1.36 bits per heavy atom. The van der Waals surface area contributed by atoms with Crippen LogP contribution in [-0.4, -0.2) is 55.0 Å². The van der Waals surface area contributed by atoms with Gasteiger partial charge in [0.2, 0.25) is 0 Å². The van der Waals surface area contributed by atoms with Crippen LogP contribution in [-0.2, 0) is 19.2 Å². The Bertz CT molecular complexity index is 568. The molecule has 0 aromatic rings. The Balaban J connectivity index is 0. The highest BCUT2D eigenvalue weighted by Gasteiger charge is 2.40. The smallest absolute Gasteiger partial charge is 0.336 e. The van der Waals surface area contributed by atoms with Crippen LogP contribution < -0.4 is 0 Å². The highest BCUT2D eigenvalue weighted by molar-refractivity contribution is 5.88. The second kappa shape index (κ2) is 21.4. The lowest BCUT2D eigenvalue weighted by atomic mass is 9.96. The molecule has 0 aromatic heterocycles. The molecular formula is C24H42O9. The van der Waals surface area contributed by atoms with Crippen molar-refractivity contribution in [2.24, 2.45) is 0 Å². The first-order valence-electron chi connectivity index (χ1n) is 11.8. The van der Waals surface area contributed by atoms with E-state index >= 15 is 0 Å². The molecule has 0 aliphatic rings. The summed E-state index contributed by atoms with van der Waals surface area (Å²) in [5.41, 5.74) is -2.74. The van der Waals surface area contributed by atoms with Gasteiger partial charge in [-0.1, -0.05) is 70.4 Å². The Morgan fingerprint density at radius 2 is 1.00 bits per heavy atom. The van der Waals surface area contributed by atoms with E-state index in [-0.39, 0.29) is 0 Å². The van der Waals surface area contributed by atoms with Gasteiger partial charge in [0, 0.05) is 6.42 Å². The number of unbranched alkanes of at least 4 members (excludes halogenated alkanes) is 11. The summed E-state index contributed by atoms with van der Waals surface area (Å²) in [6.07, 6.45) is 19.0. The molecule has 0 rings (SSSR count). The number of hydrogen-bond donors (Lipinski definition) is 5. The summed E-state index contributed by atoms with van der Waals surface area (Å²) in [6, 6.07) is 0. The van der Waals surface area contributed by atoms with Crippen molar-refractivity contribution in [2.75, 3.05) is 0 Å². The average Bonchev–Trinajstić information content (AvgIpc) is 2.70. The van der Waals surface area contributed by atoms with E-state index in [9.17, 15) is 19.2 Å². The van der Waals surface area contributed by atoms with Gasteiger partial charge >= 0.3 is 23.9 Å². The van der Waals surface area contributed by atoms with E-state index in [4.69, 9.17) is 25.5 Å². The fourth-order valence-electron chi connectivity index (χ4n) is 3.06. The molecule has 192 valence electrons. The van der Waals surface area contributed by atoms with E-state index in [1.165, 1.54) is 70.6 Å². The van der Waals surface area contributed by atoms with Gasteiger partial charge in [0.05, 0.1) is 12.8 Å². The fourth-order valence-corrected chi connectivity index (χ4v) is 3.06. The van der Waals surface area contributed by atoms with Gasteiger partial charge in [-0.05, 0) is 32.1 Å². The Kier molecular flexibility index (Phi) is 21.3. The zero-order chi connectivity index (χ0) is 25.5. The monoisotopic (exact) mass is 474 g/mol. The highest BCUT2D eigenvalue weighted by atomic mass is 16.4. The van der Waals surface area contributed by atoms with Crippen LogP contribution in [0, 0.1) is 0 Å². The fraction of sp³-hybridized carbons (Fsp3) is 0.750. The average molecular weight is 475 g/mol. The maximum absolute atomic E-state index is 10.3. The molecule has 0 bridgehead atoms. The van der Waals surface area contributed by atoms with Crippen LogP contribution in [0.15, 0.2) is 12.2 Å². The molecule has 33 heavy (non-hydrogen) atoms. The number of carboxylic acid groups (broad SMARTS) is 4. The molecule has 0 aliphatic carbocycles. The van der Waals surface area contributed by atoms with Gasteiger partial charge in [0.1, 0.15) is 0 Å². The van der Waals surface area contributed by atoms with Crippen molar-refractivity contribution in [1.29, 1.82) is 0 Å². The van der Waals surface area contributed by atoms with E-state index in [0.717, 1.165) is 12.8 Å². The molecular weight excluding hydrogens is 432 g/mol. The third kappa shape index (κ3) is 24.1. The van der Waals surface area contributed by atoms with Gasteiger partial charge in [-0.2, -0.15) is 0 Å². The lowest BCUT2D eigenvalue weighted by molar-refractivity contribution is -0.170. The number of aliphatic hydroxyl groups is 1. The first-order chi connectivity index (χ1) is 15.5. The lowest BCUT2D eigenvalue weighted by Gasteiger charge is -2.18. The van der Waals surface area contributed by atoms with Crippen LogP contribution in [0.3, 0.4) is 0 Å². The normalized spacial score (nSPS) is 11.1. The maximum Gasteiger partial charge on any atom is 0.336 e. The van der Waals surface area contributed by atoms with Crippen molar-refractivity contribution in [3.8, 4) is 0 Å². The predicted molar refractivity (Wildman–Crippen MR) is 124 cm³/mol. The SMILES string of the molecule is CCCCCCCCC=CCCCCCCCC(=O)O.O=C(O)CC(O)(CC(=O)O)C(=O)O. The van der Waals surface area contributed by atoms with Crippen LogP contribution in [0.5, 0.6) is 0 Å². The Labute approximate surface area is 196 Å². The Hall–Kier alpha value is -2.42. The number of carbonyl (C=O) groups is 4. The zero-order valence-electron chi connectivity index (χ0n) is 19.8. The Morgan fingerprint density at radius 1 is 0.606 bits per heavy atom. The largest absolute Gasteiger partial charge is 0.481 e. The van der Waals surface area contributed by atoms with E-state index in [1.54, 1.807) is 0 Å². The molecule has 0 spiro atoms. The third-order valence-corrected chi connectivity index (χ3v) is 4.94. The van der Waals surface area contributed by atoms with Crippen LogP contribution in [0.4, 0.5) is 0 Å². The second-order valence-electron chi connectivity index (χ2n) is 8.21. The summed E-state index contributed by atoms with van der Waals surface area (Å²) in [5, 5.41) is 42.3. The maximum atomic E-state index is 10.3. The van der Waals surface area contributed by atoms with Gasteiger partial charge in [0.15, 0.2) is 5.60 Å². The zero-order valence-corrected chi connectivity index (χ0v) is 19.8. The van der Waals surface area contributed by atoms with Crippen molar-refractivity contribution in [3.63, 3.8) is 0 Å². The van der Waals surface area contributed by atoms with Crippen LogP contribution in [0.2, 0.25) is 0 Å². The number of hydrogen-bond acceptors (Lipinski definition) is 5. The van der Waals surface area contributed by atoms with Crippen molar-refractivity contribution in [2.45, 2.75) is 115 Å². The van der Waals surface area contributed by atoms with Crippen molar-refractivity contribution in [3.05, 3.63) is 12.2 Å². The number of rotatable bonds is 20. The predicted octanol–water partition coefficient (Wildman–Crippen LogP) is 4.86.